The fraction of sp³-hybridized carbons (Fsp3) is 0.533. The maximum Gasteiger partial charge on any atom is 0.225 e. The summed E-state index contributed by atoms with van der Waals surface area (Å²) in [4.78, 5) is 12.3. The van der Waals surface area contributed by atoms with Crippen LogP contribution in [0.25, 0.3) is 0 Å². The summed E-state index contributed by atoms with van der Waals surface area (Å²) >= 11 is 0. The number of fused-ring (bicyclic) bond motifs is 2. The lowest BCUT2D eigenvalue weighted by Crippen LogP contribution is -2.38. The largest absolute Gasteiger partial charge is 0.349 e. The smallest absolute Gasteiger partial charge is 0.225 e. The molecule has 2 aliphatic heterocycles. The monoisotopic (exact) mass is 262 g/mol. The number of halogens is 1. The standard InChI is InChI=1S/C15H19FN2O/c1-9(10-2-4-11(16)5-3-10)17-15(19)13-8-12-6-7-14(13)18-12/h2-5,9,12-14,18H,6-8H2,1H3,(H,17,19). The third-order valence-corrected chi connectivity index (χ3v) is 4.37. The molecule has 4 heteroatoms. The van der Waals surface area contributed by atoms with Crippen LogP contribution in [-0.2, 0) is 4.79 Å². The average molecular weight is 262 g/mol. The molecule has 0 radical (unpaired) electrons. The number of benzene rings is 1. The first-order chi connectivity index (χ1) is 9.13. The van der Waals surface area contributed by atoms with Crippen molar-refractivity contribution in [2.45, 2.75) is 44.3 Å². The minimum Gasteiger partial charge on any atom is -0.349 e. The van der Waals surface area contributed by atoms with E-state index >= 15 is 0 Å². The molecule has 102 valence electrons. The van der Waals surface area contributed by atoms with E-state index in [-0.39, 0.29) is 23.7 Å². The van der Waals surface area contributed by atoms with Crippen molar-refractivity contribution >= 4 is 5.91 Å². The summed E-state index contributed by atoms with van der Waals surface area (Å²) in [5.74, 6) is -0.0299. The van der Waals surface area contributed by atoms with E-state index in [2.05, 4.69) is 10.6 Å². The number of hydrogen-bond donors (Lipinski definition) is 2. The van der Waals surface area contributed by atoms with Gasteiger partial charge in [0.2, 0.25) is 5.91 Å². The van der Waals surface area contributed by atoms with Gasteiger partial charge >= 0.3 is 0 Å². The van der Waals surface area contributed by atoms with Crippen molar-refractivity contribution in [2.24, 2.45) is 5.92 Å². The number of carbonyl (C=O) groups is 1. The second-order valence-corrected chi connectivity index (χ2v) is 5.67. The molecule has 0 aromatic heterocycles. The number of rotatable bonds is 3. The molecule has 2 saturated heterocycles. The summed E-state index contributed by atoms with van der Waals surface area (Å²) in [6.45, 7) is 1.94. The predicted octanol–water partition coefficient (Wildman–Crippen LogP) is 2.14. The van der Waals surface area contributed by atoms with Gasteiger partial charge in [-0.2, -0.15) is 0 Å². The molecule has 2 heterocycles. The molecule has 4 unspecified atom stereocenters. The number of amides is 1. The molecule has 2 aliphatic rings. The summed E-state index contributed by atoms with van der Waals surface area (Å²) in [6, 6.07) is 7.10. The first kappa shape index (κ1) is 12.6. The molecule has 2 bridgehead atoms. The minimum atomic E-state index is -0.250. The molecular formula is C15H19FN2O. The van der Waals surface area contributed by atoms with Gasteiger partial charge in [-0.05, 0) is 43.9 Å². The van der Waals surface area contributed by atoms with E-state index < -0.39 is 0 Å². The Morgan fingerprint density at radius 1 is 1.37 bits per heavy atom. The van der Waals surface area contributed by atoms with Crippen LogP contribution in [0.5, 0.6) is 0 Å². The number of carbonyl (C=O) groups excluding carboxylic acids is 1. The number of hydrogen-bond acceptors (Lipinski definition) is 2. The van der Waals surface area contributed by atoms with Gasteiger partial charge < -0.3 is 10.6 Å². The normalized spacial score (nSPS) is 30.3. The highest BCUT2D eigenvalue weighted by molar-refractivity contribution is 5.80. The lowest BCUT2D eigenvalue weighted by atomic mass is 9.88. The highest BCUT2D eigenvalue weighted by Gasteiger charge is 2.42. The molecule has 0 aliphatic carbocycles. The molecule has 3 nitrogen and oxygen atoms in total. The Labute approximate surface area is 112 Å². The van der Waals surface area contributed by atoms with Crippen LogP contribution < -0.4 is 10.6 Å². The Balaban J connectivity index is 1.61. The Morgan fingerprint density at radius 2 is 2.11 bits per heavy atom. The van der Waals surface area contributed by atoms with Gasteiger partial charge in [0.25, 0.3) is 0 Å². The summed E-state index contributed by atoms with van der Waals surface area (Å²) in [6.07, 6.45) is 3.25. The van der Waals surface area contributed by atoms with Crippen LogP contribution in [-0.4, -0.2) is 18.0 Å². The Bertz CT molecular complexity index is 474. The van der Waals surface area contributed by atoms with Crippen molar-refractivity contribution in [1.82, 2.24) is 10.6 Å². The first-order valence-electron chi connectivity index (χ1n) is 6.95. The van der Waals surface area contributed by atoms with Crippen LogP contribution >= 0.6 is 0 Å². The van der Waals surface area contributed by atoms with E-state index in [0.29, 0.717) is 12.1 Å². The Morgan fingerprint density at radius 3 is 2.68 bits per heavy atom. The molecular weight excluding hydrogens is 243 g/mol. The fourth-order valence-corrected chi connectivity index (χ4v) is 3.27. The summed E-state index contributed by atoms with van der Waals surface area (Å²) in [7, 11) is 0. The Kier molecular flexibility index (Phi) is 3.27. The van der Waals surface area contributed by atoms with E-state index in [4.69, 9.17) is 0 Å². The molecule has 0 spiro atoms. The van der Waals surface area contributed by atoms with Crippen molar-refractivity contribution in [3.8, 4) is 0 Å². The fourth-order valence-electron chi connectivity index (χ4n) is 3.27. The summed E-state index contributed by atoms with van der Waals surface area (Å²) in [5, 5.41) is 6.51. The Hall–Kier alpha value is -1.42. The second kappa shape index (κ2) is 4.93. The van der Waals surface area contributed by atoms with Crippen molar-refractivity contribution in [3.05, 3.63) is 35.6 Å². The van der Waals surface area contributed by atoms with Gasteiger partial charge in [-0.15, -0.1) is 0 Å². The van der Waals surface area contributed by atoms with Gasteiger partial charge in [0.05, 0.1) is 12.0 Å². The quantitative estimate of drug-likeness (QED) is 0.876. The van der Waals surface area contributed by atoms with Crippen LogP contribution in [0.2, 0.25) is 0 Å². The average Bonchev–Trinajstić information content (AvgIpc) is 3.01. The SMILES string of the molecule is CC(NC(=O)C1CC2CCC1N2)c1ccc(F)cc1. The van der Waals surface area contributed by atoms with Crippen LogP contribution in [0.3, 0.4) is 0 Å². The molecule has 3 rings (SSSR count). The van der Waals surface area contributed by atoms with Crippen molar-refractivity contribution in [1.29, 1.82) is 0 Å². The molecule has 2 N–H and O–H groups in total. The van der Waals surface area contributed by atoms with Gasteiger partial charge in [0, 0.05) is 12.1 Å². The summed E-state index contributed by atoms with van der Waals surface area (Å²) in [5.41, 5.74) is 0.936. The zero-order valence-electron chi connectivity index (χ0n) is 11.0. The van der Waals surface area contributed by atoms with Crippen LogP contribution in [0, 0.1) is 11.7 Å². The van der Waals surface area contributed by atoms with Gasteiger partial charge in [-0.3, -0.25) is 4.79 Å². The van der Waals surface area contributed by atoms with E-state index in [0.717, 1.165) is 18.4 Å². The van der Waals surface area contributed by atoms with Gasteiger partial charge in [-0.25, -0.2) is 4.39 Å². The van der Waals surface area contributed by atoms with Crippen LogP contribution in [0.15, 0.2) is 24.3 Å². The maximum atomic E-state index is 12.9. The van der Waals surface area contributed by atoms with E-state index in [9.17, 15) is 9.18 Å². The van der Waals surface area contributed by atoms with Gasteiger partial charge in [-0.1, -0.05) is 12.1 Å². The number of nitrogens with one attached hydrogen (secondary N) is 2. The lowest BCUT2D eigenvalue weighted by Gasteiger charge is -2.22. The highest BCUT2D eigenvalue weighted by Crippen LogP contribution is 2.33. The summed E-state index contributed by atoms with van der Waals surface area (Å²) < 4.78 is 12.9. The lowest BCUT2D eigenvalue weighted by molar-refractivity contribution is -0.126. The van der Waals surface area contributed by atoms with Crippen molar-refractivity contribution < 1.29 is 9.18 Å². The van der Waals surface area contributed by atoms with Gasteiger partial charge in [0.1, 0.15) is 5.82 Å². The van der Waals surface area contributed by atoms with Crippen LogP contribution in [0.1, 0.15) is 37.8 Å². The van der Waals surface area contributed by atoms with Crippen LogP contribution in [0.4, 0.5) is 4.39 Å². The van der Waals surface area contributed by atoms with Gasteiger partial charge in [0.15, 0.2) is 0 Å². The van der Waals surface area contributed by atoms with E-state index in [1.54, 1.807) is 12.1 Å². The molecule has 4 atom stereocenters. The third-order valence-electron chi connectivity index (χ3n) is 4.37. The third kappa shape index (κ3) is 2.50. The van der Waals surface area contributed by atoms with E-state index in [1.165, 1.54) is 18.6 Å². The zero-order valence-corrected chi connectivity index (χ0v) is 11.0. The second-order valence-electron chi connectivity index (χ2n) is 5.67. The van der Waals surface area contributed by atoms with Crippen molar-refractivity contribution in [3.63, 3.8) is 0 Å². The zero-order chi connectivity index (χ0) is 13.4. The highest BCUT2D eigenvalue weighted by atomic mass is 19.1. The van der Waals surface area contributed by atoms with Crippen molar-refractivity contribution in [2.75, 3.05) is 0 Å². The molecule has 19 heavy (non-hydrogen) atoms. The molecule has 1 aromatic carbocycles. The molecule has 1 amide bonds. The molecule has 2 fully saturated rings. The minimum absolute atomic E-state index is 0.0766. The van der Waals surface area contributed by atoms with E-state index in [1.807, 2.05) is 6.92 Å². The molecule has 0 saturated carbocycles. The topological polar surface area (TPSA) is 41.1 Å². The predicted molar refractivity (Wildman–Crippen MR) is 71.0 cm³/mol. The first-order valence-corrected chi connectivity index (χ1v) is 6.95. The maximum absolute atomic E-state index is 12.9. The molecule has 1 aromatic rings.